The maximum atomic E-state index is 13.9. The predicted molar refractivity (Wildman–Crippen MR) is 118 cm³/mol. The molecule has 0 bridgehead atoms. The molecule has 1 saturated heterocycles. The van der Waals surface area contributed by atoms with E-state index < -0.39 is 73.6 Å². The molecule has 1 heterocycles. The monoisotopic (exact) mass is 544 g/mol. The number of halogens is 2. The van der Waals surface area contributed by atoms with E-state index in [-0.39, 0.29) is 17.9 Å². The van der Waals surface area contributed by atoms with E-state index in [1.54, 1.807) is 13.8 Å². The van der Waals surface area contributed by atoms with Crippen molar-refractivity contribution in [1.82, 2.24) is 10.6 Å². The summed E-state index contributed by atoms with van der Waals surface area (Å²) in [7, 11) is -1.58. The SMILES string of the molecule is CC(C)C[C@H](NC(=O)CNC(=O)c1cc(Br)ccc1F)B1OC(=O)CC(CC(=O)O)(C(=O)O)O1. The fourth-order valence-electron chi connectivity index (χ4n) is 3.34. The third-order valence-corrected chi connectivity index (χ3v) is 5.32. The smallest absolute Gasteiger partial charge is 0.508 e. The fraction of sp³-hybridized carbons (Fsp3) is 0.450. The number of hydrogen-bond acceptors (Lipinski definition) is 7. The van der Waals surface area contributed by atoms with Gasteiger partial charge in [0.05, 0.1) is 30.9 Å². The molecule has 11 nitrogen and oxygen atoms in total. The lowest BCUT2D eigenvalue weighted by Gasteiger charge is -2.37. The van der Waals surface area contributed by atoms with Gasteiger partial charge in [-0.15, -0.1) is 0 Å². The van der Waals surface area contributed by atoms with Crippen LogP contribution in [0.5, 0.6) is 0 Å². The Morgan fingerprint density at radius 1 is 1.26 bits per heavy atom. The lowest BCUT2D eigenvalue weighted by atomic mass is 9.70. The van der Waals surface area contributed by atoms with Crippen molar-refractivity contribution in [3.8, 4) is 0 Å². The van der Waals surface area contributed by atoms with Gasteiger partial charge in [-0.3, -0.25) is 19.2 Å². The summed E-state index contributed by atoms with van der Waals surface area (Å²) in [5, 5.41) is 23.4. The number of rotatable bonds is 10. The lowest BCUT2D eigenvalue weighted by molar-refractivity contribution is -0.175. The van der Waals surface area contributed by atoms with E-state index in [1.165, 1.54) is 12.1 Å². The Morgan fingerprint density at radius 3 is 2.53 bits per heavy atom. The van der Waals surface area contributed by atoms with Crippen LogP contribution in [0.2, 0.25) is 0 Å². The zero-order chi connectivity index (χ0) is 25.6. The maximum Gasteiger partial charge on any atom is 0.552 e. The van der Waals surface area contributed by atoms with Gasteiger partial charge in [0.2, 0.25) is 5.91 Å². The molecular formula is C20H23BBrFN2O9. The summed E-state index contributed by atoms with van der Waals surface area (Å²) in [5.41, 5.74) is -2.65. The van der Waals surface area contributed by atoms with Crippen molar-refractivity contribution in [3.05, 3.63) is 34.1 Å². The second-order valence-corrected chi connectivity index (χ2v) is 9.05. The largest absolute Gasteiger partial charge is 0.552 e. The van der Waals surface area contributed by atoms with Gasteiger partial charge in [-0.2, -0.15) is 0 Å². The van der Waals surface area contributed by atoms with Gasteiger partial charge in [-0.25, -0.2) is 9.18 Å². The van der Waals surface area contributed by atoms with Crippen LogP contribution in [0.3, 0.4) is 0 Å². The molecule has 184 valence electrons. The zero-order valence-electron chi connectivity index (χ0n) is 18.3. The van der Waals surface area contributed by atoms with Crippen LogP contribution in [0.4, 0.5) is 4.39 Å². The molecule has 2 amide bonds. The molecule has 1 aromatic rings. The summed E-state index contributed by atoms with van der Waals surface area (Å²) in [4.78, 5) is 59.8. The Kier molecular flexibility index (Phi) is 9.16. The van der Waals surface area contributed by atoms with Crippen molar-refractivity contribution in [1.29, 1.82) is 0 Å². The molecule has 0 spiro atoms. The Balaban J connectivity index is 2.13. The molecule has 4 N–H and O–H groups in total. The Labute approximate surface area is 202 Å². The number of carboxylic acids is 2. The summed E-state index contributed by atoms with van der Waals surface area (Å²) < 4.78 is 24.8. The van der Waals surface area contributed by atoms with Gasteiger partial charge in [0.15, 0.2) is 5.60 Å². The minimum atomic E-state index is -2.36. The van der Waals surface area contributed by atoms with Crippen LogP contribution in [0, 0.1) is 11.7 Å². The van der Waals surface area contributed by atoms with Gasteiger partial charge in [-0.05, 0) is 30.5 Å². The average molecular weight is 545 g/mol. The molecule has 1 aromatic carbocycles. The van der Waals surface area contributed by atoms with Crippen molar-refractivity contribution in [2.75, 3.05) is 6.54 Å². The number of carboxylic acid groups (broad SMARTS) is 2. The van der Waals surface area contributed by atoms with E-state index in [4.69, 9.17) is 14.4 Å². The molecule has 0 aliphatic carbocycles. The molecule has 2 rings (SSSR count). The standard InChI is InChI=1S/C20H23BBrFN2O9/c1-10(2)5-14(21-33-17(29)8-20(34-21,19(31)32)7-16(27)28)25-15(26)9-24-18(30)12-6-11(22)3-4-13(12)23/h3-4,6,10,14H,5,7-9H2,1-2H3,(H,24,30)(H,25,26)(H,27,28)(H,31,32)/t14-,20?/m0/s1. The first kappa shape index (κ1) is 27.3. The molecule has 1 fully saturated rings. The molecule has 0 radical (unpaired) electrons. The van der Waals surface area contributed by atoms with Crippen LogP contribution in [0.25, 0.3) is 0 Å². The highest BCUT2D eigenvalue weighted by atomic mass is 79.9. The van der Waals surface area contributed by atoms with Crippen molar-refractivity contribution < 1.29 is 47.9 Å². The molecule has 1 unspecified atom stereocenters. The van der Waals surface area contributed by atoms with Crippen LogP contribution in [0.1, 0.15) is 43.5 Å². The lowest BCUT2D eigenvalue weighted by Crippen LogP contribution is -2.61. The minimum absolute atomic E-state index is 0.0846. The third kappa shape index (κ3) is 7.25. The predicted octanol–water partition coefficient (Wildman–Crippen LogP) is 1.14. The van der Waals surface area contributed by atoms with Gasteiger partial charge in [-0.1, -0.05) is 29.8 Å². The van der Waals surface area contributed by atoms with Gasteiger partial charge >= 0.3 is 19.1 Å². The van der Waals surface area contributed by atoms with Gasteiger partial charge in [0.1, 0.15) is 5.82 Å². The van der Waals surface area contributed by atoms with Crippen LogP contribution in [-0.2, 0) is 28.5 Å². The Morgan fingerprint density at radius 2 is 1.94 bits per heavy atom. The minimum Gasteiger partial charge on any atom is -0.508 e. The van der Waals surface area contributed by atoms with Gasteiger partial charge in [0.25, 0.3) is 11.9 Å². The topological polar surface area (TPSA) is 168 Å². The number of hydrogen-bond donors (Lipinski definition) is 4. The van der Waals surface area contributed by atoms with E-state index in [0.717, 1.165) is 6.07 Å². The molecule has 1 aliphatic rings. The summed E-state index contributed by atoms with van der Waals surface area (Å²) in [6.45, 7) is 2.99. The highest BCUT2D eigenvalue weighted by molar-refractivity contribution is 9.10. The summed E-state index contributed by atoms with van der Waals surface area (Å²) in [5.74, 6) is -7.68. The number of nitrogens with one attached hydrogen (secondary N) is 2. The molecular weight excluding hydrogens is 522 g/mol. The van der Waals surface area contributed by atoms with E-state index in [0.29, 0.717) is 4.47 Å². The van der Waals surface area contributed by atoms with E-state index in [1.807, 2.05) is 0 Å². The third-order valence-electron chi connectivity index (χ3n) is 4.83. The number of benzene rings is 1. The van der Waals surface area contributed by atoms with Gasteiger partial charge < -0.3 is 30.2 Å². The Bertz CT molecular complexity index is 989. The highest BCUT2D eigenvalue weighted by Crippen LogP contribution is 2.30. The molecule has 14 heteroatoms. The summed E-state index contributed by atoms with van der Waals surface area (Å²) >= 11 is 3.12. The van der Waals surface area contributed by atoms with E-state index in [2.05, 4.69) is 26.6 Å². The second-order valence-electron chi connectivity index (χ2n) is 8.13. The van der Waals surface area contributed by atoms with Crippen LogP contribution >= 0.6 is 15.9 Å². The van der Waals surface area contributed by atoms with Crippen molar-refractivity contribution in [2.45, 2.75) is 44.7 Å². The second kappa shape index (κ2) is 11.4. The zero-order valence-corrected chi connectivity index (χ0v) is 19.9. The first-order valence-corrected chi connectivity index (χ1v) is 11.0. The first-order chi connectivity index (χ1) is 15.8. The molecule has 2 atom stereocenters. The fourth-order valence-corrected chi connectivity index (χ4v) is 3.70. The normalized spacial score (nSPS) is 18.7. The number of amides is 2. The van der Waals surface area contributed by atoms with Crippen molar-refractivity contribution >= 4 is 52.8 Å². The maximum absolute atomic E-state index is 13.9. The molecule has 0 aromatic heterocycles. The number of carbonyl (C=O) groups is 5. The Hall–Kier alpha value is -3.00. The number of carbonyl (C=O) groups excluding carboxylic acids is 3. The number of aliphatic carboxylic acids is 2. The first-order valence-electron chi connectivity index (χ1n) is 10.2. The molecule has 1 aliphatic heterocycles. The van der Waals surface area contributed by atoms with Crippen LogP contribution in [-0.4, -0.2) is 65.1 Å². The average Bonchev–Trinajstić information content (AvgIpc) is 2.71. The van der Waals surface area contributed by atoms with E-state index in [9.17, 15) is 33.5 Å². The van der Waals surface area contributed by atoms with Crippen molar-refractivity contribution in [3.63, 3.8) is 0 Å². The van der Waals surface area contributed by atoms with E-state index >= 15 is 0 Å². The quantitative estimate of drug-likeness (QED) is 0.315. The molecule has 34 heavy (non-hydrogen) atoms. The van der Waals surface area contributed by atoms with Crippen LogP contribution in [0.15, 0.2) is 22.7 Å². The van der Waals surface area contributed by atoms with Crippen LogP contribution < -0.4 is 10.6 Å². The van der Waals surface area contributed by atoms with Gasteiger partial charge in [0, 0.05) is 4.47 Å². The molecule has 0 saturated carbocycles. The summed E-state index contributed by atoms with van der Waals surface area (Å²) in [6.07, 6.45) is -1.65. The van der Waals surface area contributed by atoms with Crippen molar-refractivity contribution in [2.24, 2.45) is 5.92 Å². The summed E-state index contributed by atoms with van der Waals surface area (Å²) in [6, 6.07) is 3.73. The highest BCUT2D eigenvalue weighted by Gasteiger charge is 2.54.